The topological polar surface area (TPSA) is 97.7 Å². The third-order valence-electron chi connectivity index (χ3n) is 2.52. The fourth-order valence-electron chi connectivity index (χ4n) is 1.58. The summed E-state index contributed by atoms with van der Waals surface area (Å²) >= 11 is 4.29. The molecule has 0 spiro atoms. The van der Waals surface area contributed by atoms with E-state index in [1.54, 1.807) is 6.92 Å². The fourth-order valence-corrected chi connectivity index (χ4v) is 2.47. The van der Waals surface area contributed by atoms with Gasteiger partial charge in [0.25, 0.3) is 10.1 Å². The van der Waals surface area contributed by atoms with Gasteiger partial charge in [0, 0.05) is 0 Å². The van der Waals surface area contributed by atoms with Crippen LogP contribution in [0.3, 0.4) is 0 Å². The Balaban J connectivity index is 2.38. The van der Waals surface area contributed by atoms with Gasteiger partial charge in [0.15, 0.2) is 5.76 Å². The number of aryl methyl sites for hydroxylation is 1. The highest BCUT2D eigenvalue weighted by molar-refractivity contribution is 7.85. The van der Waals surface area contributed by atoms with Gasteiger partial charge < -0.3 is 8.83 Å². The Morgan fingerprint density at radius 3 is 2.21 bits per heavy atom. The van der Waals surface area contributed by atoms with E-state index in [0.29, 0.717) is 11.3 Å². The van der Waals surface area contributed by atoms with Crippen molar-refractivity contribution in [2.24, 2.45) is 0 Å². The first-order chi connectivity index (χ1) is 8.79. The van der Waals surface area contributed by atoms with Crippen LogP contribution in [0.2, 0.25) is 0 Å². The van der Waals surface area contributed by atoms with Crippen LogP contribution in [0.25, 0.3) is 0 Å². The number of hydrogen-bond donors (Lipinski definition) is 2. The van der Waals surface area contributed by atoms with Gasteiger partial charge in [-0.25, -0.2) is 4.79 Å². The second-order valence-electron chi connectivity index (χ2n) is 3.82. The molecule has 0 bridgehead atoms. The highest BCUT2D eigenvalue weighted by atomic mass is 32.2. The van der Waals surface area contributed by atoms with Gasteiger partial charge >= 0.3 is 5.82 Å². The molecule has 8 heteroatoms. The lowest BCUT2D eigenvalue weighted by molar-refractivity contribution is 0.370. The van der Waals surface area contributed by atoms with Crippen molar-refractivity contribution in [3.63, 3.8) is 0 Å². The van der Waals surface area contributed by atoms with Crippen LogP contribution in [0.1, 0.15) is 22.3 Å². The molecule has 0 aliphatic heterocycles. The molecule has 2 rings (SSSR count). The molecular formula is C11H10O6S2. The first kappa shape index (κ1) is 13.9. The van der Waals surface area contributed by atoms with Gasteiger partial charge in [-0.1, -0.05) is 12.1 Å². The summed E-state index contributed by atoms with van der Waals surface area (Å²) in [6, 6.07) is 5.41. The maximum atomic E-state index is 11.0. The molecule has 6 nitrogen and oxygen atoms in total. The molecule has 0 amide bonds. The number of rotatable bonds is 3. The van der Waals surface area contributed by atoms with Crippen molar-refractivity contribution in [1.29, 1.82) is 0 Å². The van der Waals surface area contributed by atoms with Crippen LogP contribution in [-0.2, 0) is 10.1 Å². The molecule has 1 N–H and O–H groups in total. The Bertz CT molecular complexity index is 738. The molecule has 0 fully saturated rings. The van der Waals surface area contributed by atoms with Crippen molar-refractivity contribution in [1.82, 2.24) is 0 Å². The second kappa shape index (κ2) is 4.87. The molecule has 1 aromatic carbocycles. The molecule has 1 aromatic heterocycles. The number of hydrogen-bond acceptors (Lipinski definition) is 6. The Kier molecular flexibility index (Phi) is 3.57. The van der Waals surface area contributed by atoms with Crippen molar-refractivity contribution in [2.45, 2.75) is 17.1 Å². The lowest BCUT2D eigenvalue weighted by atomic mass is 10.1. The molecule has 0 saturated carbocycles. The molecule has 19 heavy (non-hydrogen) atoms. The maximum absolute atomic E-state index is 11.0. The van der Waals surface area contributed by atoms with E-state index in [1.807, 2.05) is 0 Å². The zero-order chi connectivity index (χ0) is 14.2. The molecule has 2 aromatic rings. The third kappa shape index (κ3) is 2.91. The lowest BCUT2D eigenvalue weighted by Crippen LogP contribution is -1.99. The molecule has 0 saturated heterocycles. The summed E-state index contributed by atoms with van der Waals surface area (Å²) in [5, 5.41) is -0.568. The van der Waals surface area contributed by atoms with Crippen LogP contribution in [0.15, 0.2) is 42.8 Å². The van der Waals surface area contributed by atoms with E-state index in [1.165, 1.54) is 24.3 Å². The Hall–Kier alpha value is -1.51. The molecule has 0 radical (unpaired) electrons. The van der Waals surface area contributed by atoms with E-state index in [0.717, 1.165) is 0 Å². The zero-order valence-corrected chi connectivity index (χ0v) is 11.4. The summed E-state index contributed by atoms with van der Waals surface area (Å²) in [6.07, 6.45) is 0. The van der Waals surface area contributed by atoms with Crippen LogP contribution in [0, 0.1) is 6.92 Å². The van der Waals surface area contributed by atoms with Gasteiger partial charge in [0.1, 0.15) is 5.76 Å². The van der Waals surface area contributed by atoms with Gasteiger partial charge in [-0.05, 0) is 24.6 Å². The van der Waals surface area contributed by atoms with E-state index in [2.05, 4.69) is 12.6 Å². The first-order valence-corrected chi connectivity index (χ1v) is 7.10. The summed E-state index contributed by atoms with van der Waals surface area (Å²) < 4.78 is 40.3. The molecule has 1 atom stereocenters. The zero-order valence-electron chi connectivity index (χ0n) is 9.73. The highest BCUT2D eigenvalue weighted by Gasteiger charge is 2.19. The number of benzene rings is 1. The monoisotopic (exact) mass is 302 g/mol. The van der Waals surface area contributed by atoms with Gasteiger partial charge in [-0.15, -0.1) is 0 Å². The molecule has 1 unspecified atom stereocenters. The van der Waals surface area contributed by atoms with E-state index in [4.69, 9.17) is 13.4 Å². The summed E-state index contributed by atoms with van der Waals surface area (Å²) in [6.45, 7) is 1.57. The Labute approximate surface area is 114 Å². The normalized spacial score (nSPS) is 13.4. The predicted octanol–water partition coefficient (Wildman–Crippen LogP) is 1.81. The highest BCUT2D eigenvalue weighted by Crippen LogP contribution is 2.30. The summed E-state index contributed by atoms with van der Waals surface area (Å²) in [7, 11) is -4.23. The van der Waals surface area contributed by atoms with Crippen LogP contribution < -0.4 is 5.82 Å². The van der Waals surface area contributed by atoms with E-state index < -0.39 is 21.2 Å². The first-order valence-electron chi connectivity index (χ1n) is 5.15. The average molecular weight is 302 g/mol. The fraction of sp³-hybridized carbons (Fsp3) is 0.182. The molecular weight excluding hydrogens is 292 g/mol. The smallest absolute Gasteiger partial charge is 0.396 e. The molecule has 102 valence electrons. The van der Waals surface area contributed by atoms with Crippen molar-refractivity contribution in [3.05, 3.63) is 52.0 Å². The lowest BCUT2D eigenvalue weighted by Gasteiger charge is -2.08. The summed E-state index contributed by atoms with van der Waals surface area (Å²) in [5.74, 6) is -0.252. The standard InChI is InChI=1S/C11H10O6S2/c1-6-9(17-11(12)16-6)10(18)7-2-4-8(5-3-7)19(13,14)15/h2-5,10,18H,1H3,(H,13,14,15). The van der Waals surface area contributed by atoms with E-state index in [9.17, 15) is 13.2 Å². The van der Waals surface area contributed by atoms with Crippen molar-refractivity contribution >= 4 is 22.7 Å². The largest absolute Gasteiger partial charge is 0.519 e. The molecule has 1 heterocycles. The van der Waals surface area contributed by atoms with Gasteiger partial charge in [0.05, 0.1) is 10.1 Å². The maximum Gasteiger partial charge on any atom is 0.519 e. The van der Waals surface area contributed by atoms with Gasteiger partial charge in [-0.3, -0.25) is 4.55 Å². The molecule has 0 aliphatic carbocycles. The summed E-state index contributed by atoms with van der Waals surface area (Å²) in [5.41, 5.74) is 0.600. The number of thiol groups is 1. The quantitative estimate of drug-likeness (QED) is 0.663. The average Bonchev–Trinajstić information content (AvgIpc) is 2.66. The van der Waals surface area contributed by atoms with Crippen LogP contribution >= 0.6 is 12.6 Å². The van der Waals surface area contributed by atoms with Crippen LogP contribution in [0.4, 0.5) is 0 Å². The van der Waals surface area contributed by atoms with E-state index >= 15 is 0 Å². The summed E-state index contributed by atoms with van der Waals surface area (Å²) in [4.78, 5) is 10.7. The van der Waals surface area contributed by atoms with E-state index in [-0.39, 0.29) is 10.7 Å². The second-order valence-corrected chi connectivity index (χ2v) is 5.76. The third-order valence-corrected chi connectivity index (χ3v) is 3.92. The minimum atomic E-state index is -4.23. The minimum Gasteiger partial charge on any atom is -0.396 e. The van der Waals surface area contributed by atoms with Crippen molar-refractivity contribution < 1.29 is 21.8 Å². The Morgan fingerprint density at radius 2 is 1.79 bits per heavy atom. The SMILES string of the molecule is Cc1oc(=O)oc1C(S)c1ccc(S(=O)(=O)O)cc1. The van der Waals surface area contributed by atoms with Crippen LogP contribution in [0.5, 0.6) is 0 Å². The van der Waals surface area contributed by atoms with Gasteiger partial charge in [-0.2, -0.15) is 21.0 Å². The Morgan fingerprint density at radius 1 is 1.21 bits per heavy atom. The van der Waals surface area contributed by atoms with Gasteiger partial charge in [0.2, 0.25) is 0 Å². The van der Waals surface area contributed by atoms with Crippen molar-refractivity contribution in [3.8, 4) is 0 Å². The van der Waals surface area contributed by atoms with Crippen molar-refractivity contribution in [2.75, 3.05) is 0 Å². The predicted molar refractivity (Wildman–Crippen MR) is 69.1 cm³/mol. The minimum absolute atomic E-state index is 0.220. The van der Waals surface area contributed by atoms with Crippen LogP contribution in [-0.4, -0.2) is 13.0 Å². The molecule has 0 aliphatic rings.